The molecule has 0 N–H and O–H groups in total. The van der Waals surface area contributed by atoms with Crippen LogP contribution in [0.3, 0.4) is 0 Å². The molecule has 0 amide bonds. The van der Waals surface area contributed by atoms with Crippen molar-refractivity contribution in [1.29, 1.82) is 0 Å². The first kappa shape index (κ1) is 76.8. The molecule has 554 valence electrons. The summed E-state index contributed by atoms with van der Waals surface area (Å²) in [6.45, 7) is -2.06. The van der Waals surface area contributed by atoms with Crippen molar-refractivity contribution in [2.75, 3.05) is 20.3 Å². The highest BCUT2D eigenvalue weighted by Crippen LogP contribution is 2.60. The number of phosphoric ester groups is 3. The van der Waals surface area contributed by atoms with E-state index in [1.807, 2.05) is 309 Å². The molecule has 0 radical (unpaired) electrons. The van der Waals surface area contributed by atoms with Crippen LogP contribution in [0.4, 0.5) is 0 Å². The van der Waals surface area contributed by atoms with Gasteiger partial charge in [0.25, 0.3) is 0 Å². The largest absolute Gasteiger partial charge is 0.496 e. The number of ether oxygens (including phenoxy) is 7. The van der Waals surface area contributed by atoms with Gasteiger partial charge in [0.15, 0.2) is 6.29 Å². The lowest BCUT2D eigenvalue weighted by molar-refractivity contribution is -0.325. The number of methoxy groups -OCH3 is 1. The Bertz CT molecular complexity index is 4470. The molecule has 13 rings (SSSR count). The zero-order chi connectivity index (χ0) is 73.4. The van der Waals surface area contributed by atoms with Crippen LogP contribution in [-0.4, -0.2) is 69.3 Å². The highest BCUT2D eigenvalue weighted by Gasteiger charge is 2.59. The van der Waals surface area contributed by atoms with Gasteiger partial charge in [-0.2, -0.15) is 0 Å². The summed E-state index contributed by atoms with van der Waals surface area (Å²) in [4.78, 5) is 0. The monoisotopic (exact) mass is 1500 g/mol. The molecule has 22 heteroatoms. The molecular weight excluding hydrogens is 1420 g/mol. The maximum absolute atomic E-state index is 16.6. The normalized spacial score (nSPS) is 19.7. The minimum atomic E-state index is -5.03. The van der Waals surface area contributed by atoms with Gasteiger partial charge in [0.2, 0.25) is 0 Å². The Morgan fingerprint density at radius 2 is 0.607 bits per heavy atom. The average molecular weight is 1500 g/mol. The topological polar surface area (TPSA) is 199 Å². The lowest BCUT2D eigenvalue weighted by Gasteiger charge is -2.47. The average Bonchev–Trinajstić information content (AvgIpc) is 1.73. The van der Waals surface area contributed by atoms with Gasteiger partial charge in [-0.1, -0.05) is 303 Å². The number of hydrogen-bond acceptors (Lipinski definition) is 19. The van der Waals surface area contributed by atoms with Crippen LogP contribution < -0.4 is 4.74 Å². The van der Waals surface area contributed by atoms with Gasteiger partial charge in [0, 0.05) is 5.56 Å². The Morgan fingerprint density at radius 1 is 0.299 bits per heavy atom. The summed E-state index contributed by atoms with van der Waals surface area (Å²) in [5.41, 5.74) is 6.71. The summed E-state index contributed by atoms with van der Waals surface area (Å²) in [7, 11) is -13.3. The van der Waals surface area contributed by atoms with Crippen molar-refractivity contribution in [2.45, 2.75) is 115 Å². The van der Waals surface area contributed by atoms with Crippen LogP contribution in [0.2, 0.25) is 0 Å². The first-order chi connectivity index (χ1) is 52.5. The van der Waals surface area contributed by atoms with Crippen LogP contribution in [0.15, 0.2) is 309 Å². The fourth-order valence-corrected chi connectivity index (χ4v) is 16.5. The van der Waals surface area contributed by atoms with E-state index in [4.69, 9.17) is 73.9 Å². The smallest absolute Gasteiger partial charge is 0.475 e. The molecule has 11 aromatic rings. The van der Waals surface area contributed by atoms with Crippen molar-refractivity contribution in [3.05, 3.63) is 365 Å². The zero-order valence-electron chi connectivity index (χ0n) is 59.0. The Balaban J connectivity index is 0.991. The van der Waals surface area contributed by atoms with E-state index in [2.05, 4.69) is 0 Å². The summed E-state index contributed by atoms with van der Waals surface area (Å²) >= 11 is 0. The molecule has 0 aliphatic carbocycles. The molecule has 2 fully saturated rings. The van der Waals surface area contributed by atoms with Crippen molar-refractivity contribution < 1.29 is 87.6 Å². The second-order valence-corrected chi connectivity index (χ2v) is 30.4. The third kappa shape index (κ3) is 21.9. The summed E-state index contributed by atoms with van der Waals surface area (Å²) < 4.78 is 159. The van der Waals surface area contributed by atoms with Crippen LogP contribution in [0.1, 0.15) is 61.7 Å². The predicted octanol–water partition coefficient (Wildman–Crippen LogP) is 19.2. The summed E-state index contributed by atoms with van der Waals surface area (Å²) in [5.74, 6) is 0.398. The van der Waals surface area contributed by atoms with E-state index in [1.165, 1.54) is 0 Å². The second kappa shape index (κ2) is 38.6. The molecule has 2 heterocycles. The van der Waals surface area contributed by atoms with E-state index in [9.17, 15) is 0 Å². The quantitative estimate of drug-likeness (QED) is 0.0329. The first-order valence-electron chi connectivity index (χ1n) is 35.4. The van der Waals surface area contributed by atoms with E-state index in [1.54, 1.807) is 7.11 Å². The molecule has 0 unspecified atom stereocenters. The summed E-state index contributed by atoms with van der Waals surface area (Å²) in [6.07, 6.45) is -13.7. The molecule has 0 saturated carbocycles. The van der Waals surface area contributed by atoms with E-state index < -0.39 is 78.6 Å². The highest BCUT2D eigenvalue weighted by molar-refractivity contribution is 7.49. The standard InChI is InChI=1S/C85H85O19P3/c1-89-75-52-51-73-49-29-30-50-74(73)78(75)81-82(103-106(87,95-58-69-41-21-7-22-42-69)96-59-70-43-23-8-24-44-70)79(76(99-81)62-90-53-64-31-11-2-12-32-64)101-85-84(92-55-66-35-15-4-16-36-66)83(104-107(88,97-60-71-45-25-9-26-46-71)98-61-72-47-27-10-28-48-72)80(77(100-85)63-91-54-65-33-13-3-14-34-65)102-105(86,93-56-67-37-17-5-18-38-67)94-57-68-39-19-6-20-40-68/h2-52,76-77,79-85H,53-63H2,1H3/t76-,77-,79-,80-,81+,82-,83+,84-,85-/m1/s1. The molecular formula is C85H85O19P3. The number of hydrogen-bond donors (Lipinski definition) is 0. The van der Waals surface area contributed by atoms with Crippen LogP contribution >= 0.6 is 23.5 Å². The van der Waals surface area contributed by atoms with Gasteiger partial charge in [0.05, 0.1) is 79.8 Å². The second-order valence-electron chi connectivity index (χ2n) is 25.5. The van der Waals surface area contributed by atoms with Gasteiger partial charge >= 0.3 is 23.5 Å². The Morgan fingerprint density at radius 3 is 0.972 bits per heavy atom. The van der Waals surface area contributed by atoms with E-state index in [-0.39, 0.29) is 72.7 Å². The van der Waals surface area contributed by atoms with E-state index >= 15 is 13.7 Å². The minimum absolute atomic E-state index is 0.0347. The summed E-state index contributed by atoms with van der Waals surface area (Å²) in [5, 5.41) is 1.52. The summed E-state index contributed by atoms with van der Waals surface area (Å²) in [6, 6.07) is 94.8. The van der Waals surface area contributed by atoms with Gasteiger partial charge in [-0.3, -0.25) is 40.7 Å². The molecule has 0 spiro atoms. The van der Waals surface area contributed by atoms with Gasteiger partial charge in [0.1, 0.15) is 54.6 Å². The van der Waals surface area contributed by atoms with Gasteiger partial charge < -0.3 is 33.2 Å². The Labute approximate surface area is 624 Å². The van der Waals surface area contributed by atoms with Crippen LogP contribution in [0.25, 0.3) is 10.8 Å². The number of rotatable bonds is 39. The van der Waals surface area contributed by atoms with Crippen molar-refractivity contribution >= 4 is 34.2 Å². The Hall–Kier alpha value is -8.43. The fraction of sp³-hybridized carbons (Fsp3) is 0.247. The van der Waals surface area contributed by atoms with Crippen LogP contribution in [-0.2, 0) is 142 Å². The number of benzene rings is 11. The van der Waals surface area contributed by atoms with Crippen LogP contribution in [0.5, 0.6) is 5.75 Å². The molecule has 107 heavy (non-hydrogen) atoms. The van der Waals surface area contributed by atoms with Crippen molar-refractivity contribution in [1.82, 2.24) is 0 Å². The number of fused-ring (bicyclic) bond motifs is 1. The molecule has 2 aliphatic rings. The molecule has 19 nitrogen and oxygen atoms in total. The zero-order valence-corrected chi connectivity index (χ0v) is 61.7. The van der Waals surface area contributed by atoms with Gasteiger partial charge in [-0.25, -0.2) is 13.7 Å². The van der Waals surface area contributed by atoms with Gasteiger partial charge in [-0.15, -0.1) is 0 Å². The minimum Gasteiger partial charge on any atom is -0.496 e. The molecule has 11 aromatic carbocycles. The maximum atomic E-state index is 16.6. The van der Waals surface area contributed by atoms with Crippen molar-refractivity contribution in [2.24, 2.45) is 0 Å². The third-order valence-corrected chi connectivity index (χ3v) is 22.0. The highest BCUT2D eigenvalue weighted by atomic mass is 31.2. The van der Waals surface area contributed by atoms with Crippen molar-refractivity contribution in [3.63, 3.8) is 0 Å². The number of phosphoric acid groups is 3. The predicted molar refractivity (Wildman–Crippen MR) is 404 cm³/mol. The maximum Gasteiger partial charge on any atom is 0.475 e. The van der Waals surface area contributed by atoms with Gasteiger partial charge in [-0.05, 0) is 66.9 Å². The molecule has 2 aliphatic heterocycles. The molecule has 9 atom stereocenters. The molecule has 2 saturated heterocycles. The lowest BCUT2D eigenvalue weighted by atomic mass is 9.94. The molecule has 0 aromatic heterocycles. The Kier molecular flexibility index (Phi) is 27.7. The fourth-order valence-electron chi connectivity index (χ4n) is 12.4. The first-order valence-corrected chi connectivity index (χ1v) is 39.8. The SMILES string of the molecule is COc1ccc2ccccc2c1[C@@H]1O[C@H](COCc2ccccc2)[C@@H](O[C@H]2O[C@H](COCc3ccccc3)[C@@H](OP(=O)(OCc3ccccc3)OCc3ccccc3)[C@H](OP(=O)(OCc3ccccc3)OCc3ccccc3)[C@H]2OCc2ccccc2)[C@H]1OP(=O)(OCc1ccccc1)OCc1ccccc1. The third-order valence-electron chi connectivity index (χ3n) is 17.8. The van der Waals surface area contributed by atoms with E-state index in [0.717, 1.165) is 16.5 Å². The van der Waals surface area contributed by atoms with Crippen molar-refractivity contribution in [3.8, 4) is 5.75 Å². The van der Waals surface area contributed by atoms with Crippen LogP contribution in [0, 0.1) is 0 Å². The lowest BCUT2D eigenvalue weighted by Crippen LogP contribution is -2.62. The van der Waals surface area contributed by atoms with E-state index in [0.29, 0.717) is 55.6 Å². The molecule has 0 bridgehead atoms.